The average Bonchev–Trinajstić information content (AvgIpc) is 2.36. The number of hydrogen-bond donors (Lipinski definition) is 0. The van der Waals surface area contributed by atoms with Gasteiger partial charge in [0, 0.05) is 5.02 Å². The van der Waals surface area contributed by atoms with Gasteiger partial charge in [-0.05, 0) is 41.5 Å². The van der Waals surface area contributed by atoms with E-state index in [0.717, 1.165) is 24.3 Å². The third-order valence-electron chi connectivity index (χ3n) is 2.65. The Balaban J connectivity index is 2.34. The molecule has 22 heavy (non-hydrogen) atoms. The van der Waals surface area contributed by atoms with Crippen LogP contribution in [0.4, 0.5) is 26.3 Å². The van der Waals surface area contributed by atoms with Crippen LogP contribution in [0.3, 0.4) is 0 Å². The Bertz CT molecular complexity index is 661. The largest absolute Gasteiger partial charge is 0.573 e. The van der Waals surface area contributed by atoms with Gasteiger partial charge in [-0.25, -0.2) is 0 Å². The molecule has 0 bridgehead atoms. The first-order chi connectivity index (χ1) is 10.0. The summed E-state index contributed by atoms with van der Waals surface area (Å²) in [6.45, 7) is 0. The van der Waals surface area contributed by atoms with Crippen molar-refractivity contribution in [2.45, 2.75) is 12.5 Å². The molecule has 8 heteroatoms. The first-order valence-corrected chi connectivity index (χ1v) is 6.16. The highest BCUT2D eigenvalue weighted by Crippen LogP contribution is 2.35. The molecule has 2 aromatic carbocycles. The number of benzene rings is 2. The van der Waals surface area contributed by atoms with Crippen molar-refractivity contribution >= 4 is 11.6 Å². The molecule has 118 valence electrons. The van der Waals surface area contributed by atoms with Crippen molar-refractivity contribution in [3.8, 4) is 16.9 Å². The molecule has 0 fully saturated rings. The number of alkyl halides is 6. The van der Waals surface area contributed by atoms with Crippen LogP contribution in [0.5, 0.6) is 5.75 Å². The van der Waals surface area contributed by atoms with Crippen molar-refractivity contribution in [3.63, 3.8) is 0 Å². The van der Waals surface area contributed by atoms with E-state index in [1.54, 1.807) is 0 Å². The van der Waals surface area contributed by atoms with E-state index >= 15 is 0 Å². The van der Waals surface area contributed by atoms with E-state index in [1.165, 1.54) is 18.2 Å². The van der Waals surface area contributed by atoms with Gasteiger partial charge in [-0.1, -0.05) is 23.7 Å². The second-order valence-electron chi connectivity index (χ2n) is 4.30. The fraction of sp³-hybridized carbons (Fsp3) is 0.143. The maximum atomic E-state index is 12.7. The summed E-state index contributed by atoms with van der Waals surface area (Å²) in [5, 5.41) is -0.125. The fourth-order valence-corrected chi connectivity index (χ4v) is 2.00. The Morgan fingerprint density at radius 1 is 0.773 bits per heavy atom. The molecule has 0 N–H and O–H groups in total. The summed E-state index contributed by atoms with van der Waals surface area (Å²) < 4.78 is 77.9. The van der Waals surface area contributed by atoms with Gasteiger partial charge in [0.2, 0.25) is 0 Å². The Hall–Kier alpha value is -1.89. The normalized spacial score (nSPS) is 12.3. The van der Waals surface area contributed by atoms with Crippen LogP contribution in [-0.2, 0) is 6.18 Å². The first kappa shape index (κ1) is 16.5. The third kappa shape index (κ3) is 4.30. The SMILES string of the molecule is FC(F)(F)Oc1ccc(-c2cc(Cl)cc(C(F)(F)F)c2)cc1. The van der Waals surface area contributed by atoms with Crippen LogP contribution >= 0.6 is 11.6 Å². The average molecular weight is 341 g/mol. The van der Waals surface area contributed by atoms with Gasteiger partial charge in [0.15, 0.2) is 0 Å². The highest BCUT2D eigenvalue weighted by molar-refractivity contribution is 6.31. The summed E-state index contributed by atoms with van der Waals surface area (Å²) >= 11 is 5.65. The lowest BCUT2D eigenvalue weighted by molar-refractivity contribution is -0.274. The smallest absolute Gasteiger partial charge is 0.406 e. The summed E-state index contributed by atoms with van der Waals surface area (Å²) in [7, 11) is 0. The number of hydrogen-bond acceptors (Lipinski definition) is 1. The van der Waals surface area contributed by atoms with Crippen LogP contribution in [-0.4, -0.2) is 6.36 Å². The number of ether oxygens (including phenoxy) is 1. The molecule has 0 aliphatic rings. The number of halogens is 7. The summed E-state index contributed by atoms with van der Waals surface area (Å²) in [5.74, 6) is -0.464. The minimum atomic E-state index is -4.83. The van der Waals surface area contributed by atoms with Gasteiger partial charge in [-0.15, -0.1) is 13.2 Å². The van der Waals surface area contributed by atoms with Crippen LogP contribution in [0, 0.1) is 0 Å². The van der Waals surface area contributed by atoms with Crippen molar-refractivity contribution in [2.24, 2.45) is 0 Å². The lowest BCUT2D eigenvalue weighted by Crippen LogP contribution is -2.16. The van der Waals surface area contributed by atoms with Crippen molar-refractivity contribution in [2.75, 3.05) is 0 Å². The molecule has 1 nitrogen and oxygen atoms in total. The van der Waals surface area contributed by atoms with Crippen molar-refractivity contribution in [1.29, 1.82) is 0 Å². The highest BCUT2D eigenvalue weighted by atomic mass is 35.5. The van der Waals surface area contributed by atoms with Gasteiger partial charge >= 0.3 is 12.5 Å². The Morgan fingerprint density at radius 2 is 1.36 bits per heavy atom. The molecule has 0 heterocycles. The summed E-state index contributed by atoms with van der Waals surface area (Å²) in [6, 6.07) is 7.38. The van der Waals surface area contributed by atoms with E-state index in [-0.39, 0.29) is 16.1 Å². The van der Waals surface area contributed by atoms with Crippen molar-refractivity contribution in [3.05, 3.63) is 53.1 Å². The molecule has 0 saturated carbocycles. The van der Waals surface area contributed by atoms with E-state index in [2.05, 4.69) is 4.74 Å². The Morgan fingerprint density at radius 3 is 1.86 bits per heavy atom. The van der Waals surface area contributed by atoms with E-state index in [0.29, 0.717) is 0 Å². The monoisotopic (exact) mass is 340 g/mol. The van der Waals surface area contributed by atoms with Gasteiger partial charge in [-0.3, -0.25) is 0 Å². The second kappa shape index (κ2) is 5.72. The predicted octanol–water partition coefficient (Wildman–Crippen LogP) is 5.92. The molecule has 0 spiro atoms. The fourth-order valence-electron chi connectivity index (χ4n) is 1.77. The molecular weight excluding hydrogens is 334 g/mol. The van der Waals surface area contributed by atoms with E-state index in [4.69, 9.17) is 11.6 Å². The van der Waals surface area contributed by atoms with Crippen LogP contribution in [0.15, 0.2) is 42.5 Å². The topological polar surface area (TPSA) is 9.23 Å². The molecular formula is C14H7ClF6O. The molecule has 0 aliphatic carbocycles. The van der Waals surface area contributed by atoms with E-state index in [9.17, 15) is 26.3 Å². The van der Waals surface area contributed by atoms with E-state index < -0.39 is 23.9 Å². The van der Waals surface area contributed by atoms with E-state index in [1.807, 2.05) is 0 Å². The van der Waals surface area contributed by atoms with Gasteiger partial charge in [-0.2, -0.15) is 13.2 Å². The molecule has 0 aliphatic heterocycles. The van der Waals surface area contributed by atoms with Gasteiger partial charge in [0.05, 0.1) is 5.56 Å². The second-order valence-corrected chi connectivity index (χ2v) is 4.73. The zero-order valence-corrected chi connectivity index (χ0v) is 11.4. The Kier molecular flexibility index (Phi) is 4.28. The minimum absolute atomic E-state index is 0.125. The summed E-state index contributed by atoms with van der Waals surface area (Å²) in [4.78, 5) is 0. The maximum Gasteiger partial charge on any atom is 0.573 e. The maximum absolute atomic E-state index is 12.7. The lowest BCUT2D eigenvalue weighted by atomic mass is 10.0. The molecule has 2 aromatic rings. The molecule has 0 amide bonds. The molecule has 0 saturated heterocycles. The zero-order valence-electron chi connectivity index (χ0n) is 10.6. The predicted molar refractivity (Wildman–Crippen MR) is 68.6 cm³/mol. The highest BCUT2D eigenvalue weighted by Gasteiger charge is 2.32. The van der Waals surface area contributed by atoms with Gasteiger partial charge < -0.3 is 4.74 Å². The van der Waals surface area contributed by atoms with Gasteiger partial charge in [0.1, 0.15) is 5.75 Å². The molecule has 2 rings (SSSR count). The van der Waals surface area contributed by atoms with Crippen LogP contribution in [0.2, 0.25) is 5.02 Å². The summed E-state index contributed by atoms with van der Waals surface area (Å²) in [6.07, 6.45) is -9.40. The molecule has 0 aromatic heterocycles. The summed E-state index contributed by atoms with van der Waals surface area (Å²) in [5.41, 5.74) is -0.522. The van der Waals surface area contributed by atoms with Crippen LogP contribution in [0.25, 0.3) is 11.1 Å². The van der Waals surface area contributed by atoms with Crippen molar-refractivity contribution < 1.29 is 31.1 Å². The molecule has 0 radical (unpaired) electrons. The zero-order chi connectivity index (χ0) is 16.5. The molecule has 0 unspecified atom stereocenters. The van der Waals surface area contributed by atoms with Gasteiger partial charge in [0.25, 0.3) is 0 Å². The molecule has 0 atom stereocenters. The lowest BCUT2D eigenvalue weighted by Gasteiger charge is -2.11. The van der Waals surface area contributed by atoms with Crippen LogP contribution < -0.4 is 4.74 Å². The van der Waals surface area contributed by atoms with Crippen LogP contribution in [0.1, 0.15) is 5.56 Å². The third-order valence-corrected chi connectivity index (χ3v) is 2.86. The Labute approximate surface area is 126 Å². The first-order valence-electron chi connectivity index (χ1n) is 5.78. The standard InChI is InChI=1S/C14H7ClF6O/c15-11-6-9(5-10(7-11)13(16,17)18)8-1-3-12(4-2-8)22-14(19,20)21/h1-7H. The van der Waals surface area contributed by atoms with Crippen molar-refractivity contribution in [1.82, 2.24) is 0 Å². The minimum Gasteiger partial charge on any atom is -0.406 e. The number of rotatable bonds is 2. The quantitative estimate of drug-likeness (QED) is 0.616.